The van der Waals surface area contributed by atoms with Gasteiger partial charge in [0.1, 0.15) is 28.7 Å². The van der Waals surface area contributed by atoms with Gasteiger partial charge in [0.2, 0.25) is 5.43 Å². The topological polar surface area (TPSA) is 136 Å². The van der Waals surface area contributed by atoms with Gasteiger partial charge in [-0.1, -0.05) is 0 Å². The number of hydrogen-bond donors (Lipinski definition) is 4. The zero-order chi connectivity index (χ0) is 24.8. The number of pyridine rings is 1. The third-order valence-corrected chi connectivity index (χ3v) is 6.00. The summed E-state index contributed by atoms with van der Waals surface area (Å²) in [4.78, 5) is 38.2. The van der Waals surface area contributed by atoms with Crippen LogP contribution in [-0.2, 0) is 17.8 Å². The molecular formula is C22H23F3N4O5. The standard InChI is InChI=1S/C22H23F3N4O5/c1-10-2-3-22(26)6-12(34-22)8-29-9-14(18(30)19(31)17(29)21(33)28-10)20(32)27-7-13-15(24)4-11(23)5-16(13)25/h4-5,9-10,12,31H,2-3,6-8,26H2,1H3,(H,27,32)(H,28,33)/t10-,12+,22-/m1/s1. The van der Waals surface area contributed by atoms with E-state index in [0.29, 0.717) is 31.4 Å². The van der Waals surface area contributed by atoms with Gasteiger partial charge in [-0.25, -0.2) is 13.2 Å². The van der Waals surface area contributed by atoms with Crippen LogP contribution in [0.25, 0.3) is 0 Å². The van der Waals surface area contributed by atoms with Gasteiger partial charge in [-0.2, -0.15) is 0 Å². The van der Waals surface area contributed by atoms with Crippen LogP contribution in [0.2, 0.25) is 0 Å². The summed E-state index contributed by atoms with van der Waals surface area (Å²) in [5.74, 6) is -6.26. The number of carbonyl (C=O) groups is 2. The van der Waals surface area contributed by atoms with Gasteiger partial charge in [-0.05, 0) is 19.8 Å². The fraction of sp³-hybridized carbons (Fsp3) is 0.409. The smallest absolute Gasteiger partial charge is 0.272 e. The van der Waals surface area contributed by atoms with Crippen LogP contribution in [0.3, 0.4) is 0 Å². The second-order valence-corrected chi connectivity index (χ2v) is 8.67. The molecule has 4 heterocycles. The first kappa shape index (κ1) is 23.8. The lowest BCUT2D eigenvalue weighted by molar-refractivity contribution is -0.211. The van der Waals surface area contributed by atoms with E-state index < -0.39 is 69.9 Å². The van der Waals surface area contributed by atoms with Gasteiger partial charge in [-0.15, -0.1) is 0 Å². The van der Waals surface area contributed by atoms with Crippen molar-refractivity contribution < 1.29 is 32.6 Å². The molecule has 12 heteroatoms. The van der Waals surface area contributed by atoms with Crippen molar-refractivity contribution in [2.45, 2.75) is 57.1 Å². The van der Waals surface area contributed by atoms with E-state index in [-0.39, 0.29) is 18.3 Å². The summed E-state index contributed by atoms with van der Waals surface area (Å²) in [7, 11) is 0. The summed E-state index contributed by atoms with van der Waals surface area (Å²) in [6.07, 6.45) is 2.12. The summed E-state index contributed by atoms with van der Waals surface area (Å²) >= 11 is 0. The molecule has 0 radical (unpaired) electrons. The fourth-order valence-electron chi connectivity index (χ4n) is 4.21. The first-order valence-electron chi connectivity index (χ1n) is 10.6. The minimum absolute atomic E-state index is 0.0193. The average molecular weight is 480 g/mol. The summed E-state index contributed by atoms with van der Waals surface area (Å²) < 4.78 is 47.8. The number of rotatable bonds is 3. The molecule has 2 aromatic rings. The largest absolute Gasteiger partial charge is 0.503 e. The molecule has 0 unspecified atom stereocenters. The maximum absolute atomic E-state index is 13.9. The summed E-state index contributed by atoms with van der Waals surface area (Å²) in [5, 5.41) is 15.4. The van der Waals surface area contributed by atoms with Crippen molar-refractivity contribution in [1.29, 1.82) is 0 Å². The molecule has 2 bridgehead atoms. The molecule has 0 aliphatic carbocycles. The molecule has 3 aliphatic rings. The number of hydrogen-bond acceptors (Lipinski definition) is 6. The highest BCUT2D eigenvalue weighted by atomic mass is 19.1. The van der Waals surface area contributed by atoms with Crippen LogP contribution >= 0.6 is 0 Å². The first-order valence-corrected chi connectivity index (χ1v) is 10.6. The lowest BCUT2D eigenvalue weighted by Crippen LogP contribution is -2.58. The minimum Gasteiger partial charge on any atom is -0.503 e. The molecule has 1 fully saturated rings. The van der Waals surface area contributed by atoms with Crippen LogP contribution < -0.4 is 21.8 Å². The molecule has 9 nitrogen and oxygen atoms in total. The maximum Gasteiger partial charge on any atom is 0.272 e. The Morgan fingerprint density at radius 1 is 1.32 bits per heavy atom. The van der Waals surface area contributed by atoms with Gasteiger partial charge in [0, 0.05) is 49.4 Å². The van der Waals surface area contributed by atoms with Crippen molar-refractivity contribution in [1.82, 2.24) is 15.2 Å². The van der Waals surface area contributed by atoms with Gasteiger partial charge in [-0.3, -0.25) is 14.4 Å². The highest BCUT2D eigenvalue weighted by Gasteiger charge is 2.43. The number of nitrogens with two attached hydrogens (primary N) is 1. The maximum atomic E-state index is 13.9. The number of aromatic nitrogens is 1. The van der Waals surface area contributed by atoms with Crippen LogP contribution in [0.5, 0.6) is 5.75 Å². The Bertz CT molecular complexity index is 1200. The predicted octanol–water partition coefficient (Wildman–Crippen LogP) is 1.26. The van der Waals surface area contributed by atoms with E-state index >= 15 is 0 Å². The van der Waals surface area contributed by atoms with E-state index in [4.69, 9.17) is 10.5 Å². The Balaban J connectivity index is 1.66. The Kier molecular flexibility index (Phi) is 6.13. The van der Waals surface area contributed by atoms with Crippen LogP contribution in [0, 0.1) is 17.5 Å². The Hall–Kier alpha value is -3.38. The molecule has 3 aliphatic heterocycles. The number of nitrogens with zero attached hydrogens (tertiary/aromatic N) is 1. The van der Waals surface area contributed by atoms with Gasteiger partial charge in [0.15, 0.2) is 11.4 Å². The predicted molar refractivity (Wildman–Crippen MR) is 112 cm³/mol. The Morgan fingerprint density at radius 3 is 2.62 bits per heavy atom. The number of carbonyl (C=O) groups excluding carboxylic acids is 2. The van der Waals surface area contributed by atoms with Crippen molar-refractivity contribution in [3.05, 3.63) is 62.8 Å². The number of ether oxygens (including phenoxy) is 1. The molecule has 0 saturated carbocycles. The lowest BCUT2D eigenvalue weighted by Gasteiger charge is -2.45. The molecule has 5 rings (SSSR count). The second kappa shape index (κ2) is 8.76. The first-order chi connectivity index (χ1) is 16.0. The zero-order valence-electron chi connectivity index (χ0n) is 18.2. The highest BCUT2D eigenvalue weighted by Crippen LogP contribution is 2.34. The van der Waals surface area contributed by atoms with Crippen molar-refractivity contribution in [2.75, 3.05) is 0 Å². The van der Waals surface area contributed by atoms with Gasteiger partial charge in [0.25, 0.3) is 11.8 Å². The van der Waals surface area contributed by atoms with Gasteiger partial charge >= 0.3 is 0 Å². The highest BCUT2D eigenvalue weighted by molar-refractivity contribution is 5.98. The van der Waals surface area contributed by atoms with Gasteiger partial charge in [0.05, 0.1) is 6.10 Å². The van der Waals surface area contributed by atoms with Gasteiger partial charge < -0.3 is 30.8 Å². The fourth-order valence-corrected chi connectivity index (χ4v) is 4.21. The second-order valence-electron chi connectivity index (χ2n) is 8.67. The van der Waals surface area contributed by atoms with Crippen LogP contribution in [0.15, 0.2) is 23.1 Å². The SMILES string of the molecule is C[C@@H]1CC[C@]2(N)C[C@@H](Cn3cc(C(=O)NCc4c(F)cc(F)cc4F)c(=O)c(O)c3C(=O)N1)O2. The number of benzene rings is 1. The van der Waals surface area contributed by atoms with Crippen molar-refractivity contribution in [2.24, 2.45) is 5.73 Å². The average Bonchev–Trinajstić information content (AvgIpc) is 2.74. The molecular weight excluding hydrogens is 457 g/mol. The number of fused-ring (bicyclic) bond motifs is 4. The van der Waals surface area contributed by atoms with Crippen molar-refractivity contribution in [3.63, 3.8) is 0 Å². The van der Waals surface area contributed by atoms with Crippen LogP contribution in [-0.4, -0.2) is 39.4 Å². The molecule has 5 N–H and O–H groups in total. The van der Waals surface area contributed by atoms with E-state index in [1.807, 2.05) is 0 Å². The molecule has 1 aromatic heterocycles. The number of halogens is 3. The Morgan fingerprint density at radius 2 is 1.97 bits per heavy atom. The summed E-state index contributed by atoms with van der Waals surface area (Å²) in [6.45, 7) is 1.08. The Labute approximate surface area is 191 Å². The normalized spacial score (nSPS) is 24.3. The number of amides is 2. The van der Waals surface area contributed by atoms with E-state index in [9.17, 15) is 32.7 Å². The van der Waals surface area contributed by atoms with E-state index in [1.165, 1.54) is 4.57 Å². The minimum atomic E-state index is -1.21. The van der Waals surface area contributed by atoms with Crippen LogP contribution in [0.4, 0.5) is 13.2 Å². The molecule has 182 valence electrons. The third kappa shape index (κ3) is 4.50. The molecule has 3 atom stereocenters. The molecule has 2 amide bonds. The number of aromatic hydroxyl groups is 1. The van der Waals surface area contributed by atoms with E-state index in [2.05, 4.69) is 10.6 Å². The monoisotopic (exact) mass is 480 g/mol. The molecule has 1 aromatic carbocycles. The van der Waals surface area contributed by atoms with Crippen LogP contribution in [0.1, 0.15) is 52.6 Å². The van der Waals surface area contributed by atoms with Crippen molar-refractivity contribution >= 4 is 11.8 Å². The number of nitrogens with one attached hydrogen (secondary N) is 2. The molecule has 0 spiro atoms. The summed E-state index contributed by atoms with van der Waals surface area (Å²) in [6, 6.07) is 0.584. The lowest BCUT2D eigenvalue weighted by atomic mass is 9.92. The molecule has 34 heavy (non-hydrogen) atoms. The quantitative estimate of drug-likeness (QED) is 0.522. The summed E-state index contributed by atoms with van der Waals surface area (Å²) in [5.41, 5.74) is 2.68. The van der Waals surface area contributed by atoms with E-state index in [1.54, 1.807) is 6.92 Å². The zero-order valence-corrected chi connectivity index (χ0v) is 18.2. The van der Waals surface area contributed by atoms with E-state index in [0.717, 1.165) is 6.20 Å². The third-order valence-electron chi connectivity index (χ3n) is 6.00. The molecule has 1 saturated heterocycles. The van der Waals surface area contributed by atoms with Crippen molar-refractivity contribution in [3.8, 4) is 5.75 Å².